The minimum atomic E-state index is -0.412. The highest BCUT2D eigenvalue weighted by Crippen LogP contribution is 2.27. The van der Waals surface area contributed by atoms with Crippen LogP contribution in [0.5, 0.6) is 5.75 Å². The summed E-state index contributed by atoms with van der Waals surface area (Å²) in [5.74, 6) is 0.730. The molecule has 0 bridgehead atoms. The second-order valence-corrected chi connectivity index (χ2v) is 7.90. The number of ether oxygens (including phenoxy) is 1. The zero-order valence-corrected chi connectivity index (χ0v) is 18.0. The second kappa shape index (κ2) is 8.29. The first-order chi connectivity index (χ1) is 14.4. The maximum Gasteiger partial charge on any atom is 0.280 e. The van der Waals surface area contributed by atoms with E-state index in [4.69, 9.17) is 20.9 Å². The van der Waals surface area contributed by atoms with E-state index in [1.54, 1.807) is 35.9 Å². The molecule has 30 heavy (non-hydrogen) atoms. The number of aryl methyl sites for hydroxylation is 3. The molecular weight excluding hydrogens is 426 g/mol. The molecule has 1 aromatic carbocycles. The standard InChI is InChI=1S/C20H18ClN5O3S/c1-11-15(8-26(3)24-11)17-10-30-20(22-17)23-19(27)18-16(12(2)29-25-18)9-28-14-6-4-13(21)5-7-14/h4-8,10H,9H2,1-3H3,(H,22,23,27). The molecule has 0 aliphatic rings. The molecule has 0 atom stereocenters. The van der Waals surface area contributed by atoms with Crippen LogP contribution < -0.4 is 10.1 Å². The van der Waals surface area contributed by atoms with Gasteiger partial charge in [0.15, 0.2) is 10.8 Å². The Balaban J connectivity index is 1.48. The van der Waals surface area contributed by atoms with Gasteiger partial charge in [0, 0.05) is 29.2 Å². The minimum absolute atomic E-state index is 0.137. The summed E-state index contributed by atoms with van der Waals surface area (Å²) in [5, 5.41) is 13.9. The SMILES string of the molecule is Cc1nn(C)cc1-c1csc(NC(=O)c2noc(C)c2COc2ccc(Cl)cc2)n1. The van der Waals surface area contributed by atoms with Crippen molar-refractivity contribution in [2.24, 2.45) is 7.05 Å². The van der Waals surface area contributed by atoms with Crippen LogP contribution in [0.4, 0.5) is 5.13 Å². The number of hydrogen-bond donors (Lipinski definition) is 1. The number of anilines is 1. The summed E-state index contributed by atoms with van der Waals surface area (Å²) in [4.78, 5) is 17.3. The van der Waals surface area contributed by atoms with E-state index in [0.29, 0.717) is 27.2 Å². The number of halogens is 1. The first kappa shape index (κ1) is 20.1. The summed E-state index contributed by atoms with van der Waals surface area (Å²) in [6.07, 6.45) is 1.89. The van der Waals surface area contributed by atoms with Gasteiger partial charge in [-0.1, -0.05) is 16.8 Å². The molecule has 0 aliphatic heterocycles. The molecular formula is C20H18ClN5O3S. The fourth-order valence-corrected chi connectivity index (χ4v) is 3.72. The third kappa shape index (κ3) is 4.22. The number of benzene rings is 1. The van der Waals surface area contributed by atoms with Crippen LogP contribution in [0, 0.1) is 13.8 Å². The Morgan fingerprint density at radius 3 is 2.77 bits per heavy atom. The van der Waals surface area contributed by atoms with E-state index < -0.39 is 5.91 Å². The highest BCUT2D eigenvalue weighted by molar-refractivity contribution is 7.14. The molecule has 4 aromatic rings. The molecule has 1 N–H and O–H groups in total. The maximum atomic E-state index is 12.8. The highest BCUT2D eigenvalue weighted by atomic mass is 35.5. The monoisotopic (exact) mass is 443 g/mol. The van der Waals surface area contributed by atoms with Gasteiger partial charge in [0.25, 0.3) is 5.91 Å². The first-order valence-corrected chi connectivity index (χ1v) is 10.3. The molecule has 0 saturated heterocycles. The van der Waals surface area contributed by atoms with E-state index in [0.717, 1.165) is 17.0 Å². The summed E-state index contributed by atoms with van der Waals surface area (Å²) < 4.78 is 12.7. The van der Waals surface area contributed by atoms with Gasteiger partial charge in [-0.3, -0.25) is 14.8 Å². The number of carbonyl (C=O) groups excluding carboxylic acids is 1. The Bertz CT molecular complexity index is 1200. The minimum Gasteiger partial charge on any atom is -0.489 e. The van der Waals surface area contributed by atoms with E-state index in [9.17, 15) is 4.79 Å². The topological polar surface area (TPSA) is 95.1 Å². The van der Waals surface area contributed by atoms with Crippen LogP contribution in [0.1, 0.15) is 27.5 Å². The molecule has 0 radical (unpaired) electrons. The van der Waals surface area contributed by atoms with E-state index >= 15 is 0 Å². The molecule has 0 unspecified atom stereocenters. The molecule has 8 nitrogen and oxygen atoms in total. The lowest BCUT2D eigenvalue weighted by Crippen LogP contribution is -2.15. The van der Waals surface area contributed by atoms with E-state index in [2.05, 4.69) is 20.6 Å². The Morgan fingerprint density at radius 1 is 1.30 bits per heavy atom. The van der Waals surface area contributed by atoms with Crippen molar-refractivity contribution in [2.45, 2.75) is 20.5 Å². The zero-order chi connectivity index (χ0) is 21.3. The predicted octanol–water partition coefficient (Wildman–Crippen LogP) is 4.63. The normalized spacial score (nSPS) is 10.9. The molecule has 0 spiro atoms. The summed E-state index contributed by atoms with van der Waals surface area (Å²) in [5.41, 5.74) is 3.28. The molecule has 10 heteroatoms. The van der Waals surface area contributed by atoms with Gasteiger partial charge in [0.2, 0.25) is 0 Å². The van der Waals surface area contributed by atoms with Crippen molar-refractivity contribution < 1.29 is 14.1 Å². The Hall–Kier alpha value is -3.17. The number of carbonyl (C=O) groups is 1. The van der Waals surface area contributed by atoms with Gasteiger partial charge in [-0.05, 0) is 38.1 Å². The Morgan fingerprint density at radius 2 is 2.07 bits per heavy atom. The highest BCUT2D eigenvalue weighted by Gasteiger charge is 2.22. The molecule has 154 valence electrons. The summed E-state index contributed by atoms with van der Waals surface area (Å²) in [6, 6.07) is 6.97. The van der Waals surface area contributed by atoms with E-state index in [1.165, 1.54) is 11.3 Å². The van der Waals surface area contributed by atoms with E-state index in [1.807, 2.05) is 25.5 Å². The van der Waals surface area contributed by atoms with Crippen molar-refractivity contribution in [2.75, 3.05) is 5.32 Å². The lowest BCUT2D eigenvalue weighted by molar-refractivity contribution is 0.101. The fraction of sp³-hybridized carbons (Fsp3) is 0.200. The smallest absolute Gasteiger partial charge is 0.280 e. The van der Waals surface area contributed by atoms with Gasteiger partial charge in [0.1, 0.15) is 18.1 Å². The van der Waals surface area contributed by atoms with E-state index in [-0.39, 0.29) is 12.3 Å². The molecule has 4 rings (SSSR count). The maximum absolute atomic E-state index is 12.8. The number of aromatic nitrogens is 4. The van der Waals surface area contributed by atoms with Crippen LogP contribution in [0.3, 0.4) is 0 Å². The van der Waals surface area contributed by atoms with Crippen molar-refractivity contribution >= 4 is 34.0 Å². The van der Waals surface area contributed by atoms with Crippen LogP contribution >= 0.6 is 22.9 Å². The number of rotatable bonds is 6. The van der Waals surface area contributed by atoms with Crippen molar-refractivity contribution in [3.05, 3.63) is 63.6 Å². The van der Waals surface area contributed by atoms with Gasteiger partial charge in [-0.15, -0.1) is 11.3 Å². The summed E-state index contributed by atoms with van der Waals surface area (Å²) in [6.45, 7) is 3.78. The quantitative estimate of drug-likeness (QED) is 0.466. The van der Waals surface area contributed by atoms with Gasteiger partial charge < -0.3 is 9.26 Å². The van der Waals surface area contributed by atoms with Crippen molar-refractivity contribution in [1.82, 2.24) is 19.9 Å². The third-order valence-electron chi connectivity index (χ3n) is 4.41. The van der Waals surface area contributed by atoms with Gasteiger partial charge >= 0.3 is 0 Å². The molecule has 3 aromatic heterocycles. The van der Waals surface area contributed by atoms with Gasteiger partial charge in [-0.25, -0.2) is 4.98 Å². The Labute approximate surface area is 181 Å². The average molecular weight is 444 g/mol. The van der Waals surface area contributed by atoms with Gasteiger partial charge in [-0.2, -0.15) is 5.10 Å². The molecule has 0 aliphatic carbocycles. The largest absolute Gasteiger partial charge is 0.489 e. The van der Waals surface area contributed by atoms with Crippen LogP contribution in [0.25, 0.3) is 11.3 Å². The average Bonchev–Trinajstić information content (AvgIpc) is 3.40. The number of thiazole rings is 1. The van der Waals surface area contributed by atoms with Gasteiger partial charge in [0.05, 0.1) is 17.0 Å². The van der Waals surface area contributed by atoms with Crippen molar-refractivity contribution in [1.29, 1.82) is 0 Å². The lowest BCUT2D eigenvalue weighted by Gasteiger charge is -2.06. The van der Waals surface area contributed by atoms with Crippen molar-refractivity contribution in [3.63, 3.8) is 0 Å². The van der Waals surface area contributed by atoms with Crippen LogP contribution in [0.2, 0.25) is 5.02 Å². The Kier molecular flexibility index (Phi) is 5.56. The van der Waals surface area contributed by atoms with Crippen LogP contribution in [-0.4, -0.2) is 25.8 Å². The fourth-order valence-electron chi connectivity index (χ4n) is 2.89. The number of amides is 1. The second-order valence-electron chi connectivity index (χ2n) is 6.60. The molecule has 0 saturated carbocycles. The van der Waals surface area contributed by atoms with Crippen LogP contribution in [-0.2, 0) is 13.7 Å². The number of nitrogens with zero attached hydrogens (tertiary/aromatic N) is 4. The first-order valence-electron chi connectivity index (χ1n) is 9.01. The summed E-state index contributed by atoms with van der Waals surface area (Å²) in [7, 11) is 1.85. The lowest BCUT2D eigenvalue weighted by atomic mass is 10.2. The number of hydrogen-bond acceptors (Lipinski definition) is 7. The third-order valence-corrected chi connectivity index (χ3v) is 5.42. The molecule has 1 amide bonds. The zero-order valence-electron chi connectivity index (χ0n) is 16.5. The molecule has 3 heterocycles. The summed E-state index contributed by atoms with van der Waals surface area (Å²) >= 11 is 7.22. The van der Waals surface area contributed by atoms with Crippen LogP contribution in [0.15, 0.2) is 40.4 Å². The molecule has 0 fully saturated rings. The predicted molar refractivity (Wildman–Crippen MR) is 114 cm³/mol. The van der Waals surface area contributed by atoms with Crippen molar-refractivity contribution in [3.8, 4) is 17.0 Å². The number of nitrogens with one attached hydrogen (secondary N) is 1.